The lowest BCUT2D eigenvalue weighted by atomic mass is 9.90. The van der Waals surface area contributed by atoms with Gasteiger partial charge in [-0.05, 0) is 66.7 Å². The lowest BCUT2D eigenvalue weighted by Gasteiger charge is -2.18. The van der Waals surface area contributed by atoms with Crippen LogP contribution in [0.15, 0.2) is 88.1 Å². The van der Waals surface area contributed by atoms with Crippen LogP contribution in [0.5, 0.6) is 5.75 Å². The molecule has 0 amide bonds. The number of nitrogens with two attached hydrogens (primary N) is 1. The summed E-state index contributed by atoms with van der Waals surface area (Å²) in [5.74, 6) is 0.435. The van der Waals surface area contributed by atoms with Crippen molar-refractivity contribution in [3.63, 3.8) is 0 Å². The van der Waals surface area contributed by atoms with Gasteiger partial charge in [0.1, 0.15) is 28.4 Å². The number of nitrogen functional groups attached to an aromatic ring is 1. The fourth-order valence-electron chi connectivity index (χ4n) is 6.29. The van der Waals surface area contributed by atoms with Gasteiger partial charge in [0.05, 0.1) is 16.6 Å². The average molecular weight is 673 g/mol. The number of hydrogen-bond donors (Lipinski definition) is 5. The third-order valence-electron chi connectivity index (χ3n) is 8.52. The standard InChI is InChI=1S/C37H32N6O5S/c1-2-3-8-31-42-33-34(24-6-4-5-7-28(24)41-35(33)38)43(31)16-15-39-37(49)40-20-9-12-23(27(17-20)36(46)47)32-25-13-10-21(44)18-29(25)48-30-19-22(45)11-14-26(30)32/h4-7,9-14,17-19,44H,2-3,8,15-16H2,1H3,(H2,38,41)(H,46,47)(H2,39,40,49). The largest absolute Gasteiger partial charge is 0.508 e. The van der Waals surface area contributed by atoms with Crippen LogP contribution in [0.25, 0.3) is 55.4 Å². The average Bonchev–Trinajstić information content (AvgIpc) is 3.45. The van der Waals surface area contributed by atoms with E-state index in [1.165, 1.54) is 30.3 Å². The van der Waals surface area contributed by atoms with Crippen molar-refractivity contribution in [1.82, 2.24) is 19.9 Å². The van der Waals surface area contributed by atoms with Crippen LogP contribution in [0.2, 0.25) is 0 Å². The predicted octanol–water partition coefficient (Wildman–Crippen LogP) is 6.78. The number of benzene rings is 4. The number of hydrogen-bond acceptors (Lipinski definition) is 8. The van der Waals surface area contributed by atoms with Crippen LogP contribution in [0, 0.1) is 0 Å². The Labute approximate surface area is 285 Å². The molecule has 0 fully saturated rings. The molecule has 49 heavy (non-hydrogen) atoms. The molecular formula is C37H32N6O5S. The number of para-hydroxylation sites is 1. The Kier molecular flexibility index (Phi) is 8.31. The van der Waals surface area contributed by atoms with Crippen molar-refractivity contribution in [2.24, 2.45) is 0 Å². The van der Waals surface area contributed by atoms with Crippen molar-refractivity contribution < 1.29 is 19.4 Å². The molecule has 0 saturated carbocycles. The van der Waals surface area contributed by atoms with Gasteiger partial charge >= 0.3 is 5.97 Å². The maximum absolute atomic E-state index is 12.6. The lowest BCUT2D eigenvalue weighted by Crippen LogP contribution is -2.31. The number of nitrogens with zero attached hydrogens (tertiary/aromatic N) is 3. The first-order chi connectivity index (χ1) is 23.7. The number of rotatable bonds is 9. The van der Waals surface area contributed by atoms with Crippen LogP contribution >= 0.6 is 12.2 Å². The molecule has 1 aliphatic carbocycles. The zero-order valence-corrected chi connectivity index (χ0v) is 27.3. The monoisotopic (exact) mass is 672 g/mol. The summed E-state index contributed by atoms with van der Waals surface area (Å²) in [5, 5.41) is 28.7. The maximum Gasteiger partial charge on any atom is 0.336 e. The summed E-state index contributed by atoms with van der Waals surface area (Å²) in [7, 11) is 0. The zero-order valence-electron chi connectivity index (χ0n) is 26.5. The molecule has 0 bridgehead atoms. The topological polar surface area (TPSA) is 169 Å². The Bertz CT molecular complexity index is 2450. The first kappa shape index (κ1) is 31.6. The number of aryl methyl sites for hydroxylation is 1. The van der Waals surface area contributed by atoms with Crippen LogP contribution in [0.1, 0.15) is 35.9 Å². The van der Waals surface area contributed by atoms with E-state index >= 15 is 0 Å². The molecule has 11 nitrogen and oxygen atoms in total. The van der Waals surface area contributed by atoms with E-state index in [1.54, 1.807) is 24.3 Å². The SMILES string of the molecule is CCCCc1nc2c(N)nc3ccccc3c2n1CCNC(=S)Nc1ccc(-c2c3ccc(=O)cc-3oc3cc(O)ccc23)c(C(=O)O)c1. The normalized spacial score (nSPS) is 11.4. The Morgan fingerprint density at radius 1 is 1.00 bits per heavy atom. The number of phenolic OH excluding ortho intramolecular Hbond substituents is 1. The molecule has 2 aromatic heterocycles. The second-order valence-corrected chi connectivity index (χ2v) is 12.2. The molecule has 1 aliphatic heterocycles. The Balaban J connectivity index is 1.16. The van der Waals surface area contributed by atoms with Gasteiger partial charge in [0.2, 0.25) is 0 Å². The van der Waals surface area contributed by atoms with E-state index in [4.69, 9.17) is 27.4 Å². The summed E-state index contributed by atoms with van der Waals surface area (Å²) in [6.45, 7) is 3.17. The van der Waals surface area contributed by atoms with Crippen LogP contribution < -0.4 is 21.8 Å². The molecule has 12 heteroatoms. The third kappa shape index (κ3) is 5.98. The van der Waals surface area contributed by atoms with Gasteiger partial charge < -0.3 is 35.6 Å². The van der Waals surface area contributed by atoms with Crippen molar-refractivity contribution in [3.05, 3.63) is 100 Å². The Hall–Kier alpha value is -6.01. The number of carbonyl (C=O) groups is 1. The zero-order chi connectivity index (χ0) is 34.2. The summed E-state index contributed by atoms with van der Waals surface area (Å²) < 4.78 is 8.10. The van der Waals surface area contributed by atoms with Crippen LogP contribution in [0.3, 0.4) is 0 Å². The number of imidazole rings is 1. The number of thiocarbonyl (C=S) groups is 1. The summed E-state index contributed by atoms with van der Waals surface area (Å²) in [6.07, 6.45) is 2.80. The van der Waals surface area contributed by atoms with E-state index in [2.05, 4.69) is 27.1 Å². The number of anilines is 2. The minimum absolute atomic E-state index is 0.0180. The van der Waals surface area contributed by atoms with Crippen LogP contribution in [-0.4, -0.2) is 42.4 Å². The highest BCUT2D eigenvalue weighted by molar-refractivity contribution is 7.80. The fourth-order valence-corrected chi connectivity index (χ4v) is 6.51. The summed E-state index contributed by atoms with van der Waals surface area (Å²) in [6, 6.07) is 21.8. The molecule has 0 radical (unpaired) electrons. The van der Waals surface area contributed by atoms with Gasteiger partial charge in [-0.3, -0.25) is 4.79 Å². The molecule has 246 valence electrons. The molecule has 5 aromatic rings. The minimum atomic E-state index is -1.15. The highest BCUT2D eigenvalue weighted by atomic mass is 32.1. The first-order valence-electron chi connectivity index (χ1n) is 15.9. The van der Waals surface area contributed by atoms with Crippen molar-refractivity contribution in [3.8, 4) is 28.2 Å². The van der Waals surface area contributed by atoms with E-state index in [0.29, 0.717) is 62.9 Å². The number of fused-ring (bicyclic) bond motifs is 5. The first-order valence-corrected chi connectivity index (χ1v) is 16.3. The Morgan fingerprint density at radius 3 is 2.63 bits per heavy atom. The highest BCUT2D eigenvalue weighted by Gasteiger charge is 2.23. The molecule has 7 rings (SSSR count). The number of nitrogens with one attached hydrogen (secondary N) is 2. The number of phenols is 1. The van der Waals surface area contributed by atoms with E-state index < -0.39 is 5.97 Å². The number of carboxylic acids is 1. The number of aromatic hydroxyl groups is 1. The quantitative estimate of drug-likeness (QED) is 0.0810. The Morgan fingerprint density at radius 2 is 1.82 bits per heavy atom. The molecule has 3 heterocycles. The van der Waals surface area contributed by atoms with Gasteiger partial charge in [-0.25, -0.2) is 14.8 Å². The van der Waals surface area contributed by atoms with Gasteiger partial charge in [-0.2, -0.15) is 0 Å². The highest BCUT2D eigenvalue weighted by Crippen LogP contribution is 2.42. The molecule has 6 N–H and O–H groups in total. The molecule has 2 aliphatic rings. The van der Waals surface area contributed by atoms with Gasteiger partial charge in [-0.1, -0.05) is 37.6 Å². The summed E-state index contributed by atoms with van der Waals surface area (Å²) in [4.78, 5) is 34.2. The molecule has 0 atom stereocenters. The van der Waals surface area contributed by atoms with Crippen molar-refractivity contribution in [2.45, 2.75) is 32.7 Å². The van der Waals surface area contributed by atoms with Crippen molar-refractivity contribution in [1.29, 1.82) is 0 Å². The molecule has 3 aromatic carbocycles. The van der Waals surface area contributed by atoms with Crippen molar-refractivity contribution in [2.75, 3.05) is 17.6 Å². The van der Waals surface area contributed by atoms with E-state index in [-0.39, 0.29) is 22.5 Å². The lowest BCUT2D eigenvalue weighted by molar-refractivity contribution is 0.0697. The van der Waals surface area contributed by atoms with Gasteiger partial charge in [0.15, 0.2) is 16.4 Å². The predicted molar refractivity (Wildman–Crippen MR) is 195 cm³/mol. The molecule has 0 saturated heterocycles. The van der Waals surface area contributed by atoms with Crippen molar-refractivity contribution >= 4 is 67.7 Å². The molecule has 0 spiro atoms. The second-order valence-electron chi connectivity index (χ2n) is 11.8. The van der Waals surface area contributed by atoms with E-state index in [1.807, 2.05) is 24.3 Å². The number of unbranched alkanes of at least 4 members (excludes halogenated alkanes) is 1. The van der Waals surface area contributed by atoms with E-state index in [9.17, 15) is 19.8 Å². The second kappa shape index (κ2) is 12.9. The summed E-state index contributed by atoms with van der Waals surface area (Å²) in [5.41, 5.74) is 10.9. The van der Waals surface area contributed by atoms with Gasteiger partial charge in [-0.15, -0.1) is 0 Å². The number of pyridine rings is 1. The van der Waals surface area contributed by atoms with Crippen LogP contribution in [0.4, 0.5) is 11.5 Å². The van der Waals surface area contributed by atoms with Gasteiger partial charge in [0, 0.05) is 59.2 Å². The number of aromatic nitrogens is 3. The molecule has 0 unspecified atom stereocenters. The smallest absolute Gasteiger partial charge is 0.336 e. The van der Waals surface area contributed by atoms with Gasteiger partial charge in [0.25, 0.3) is 0 Å². The minimum Gasteiger partial charge on any atom is -0.508 e. The maximum atomic E-state index is 12.6. The number of aromatic carboxylic acids is 1. The van der Waals surface area contributed by atoms with Crippen LogP contribution in [-0.2, 0) is 13.0 Å². The fraction of sp³-hybridized carbons (Fsp3) is 0.162. The molecular weight excluding hydrogens is 641 g/mol. The summed E-state index contributed by atoms with van der Waals surface area (Å²) >= 11 is 5.62. The van der Waals surface area contributed by atoms with E-state index in [0.717, 1.165) is 41.5 Å². The third-order valence-corrected chi connectivity index (χ3v) is 8.76. The number of carboxylic acid groups (broad SMARTS) is 1.